The molecule has 0 heterocycles. The van der Waals surface area contributed by atoms with Gasteiger partial charge in [-0.1, -0.05) is 24.3 Å². The van der Waals surface area contributed by atoms with Gasteiger partial charge in [0.1, 0.15) is 0 Å². The van der Waals surface area contributed by atoms with Crippen molar-refractivity contribution in [2.75, 3.05) is 32.6 Å². The third kappa shape index (κ3) is 6.10. The molecular formula is C14H24N2S. The van der Waals surface area contributed by atoms with Crippen LogP contribution in [0.1, 0.15) is 17.5 Å². The van der Waals surface area contributed by atoms with Gasteiger partial charge in [0.15, 0.2) is 0 Å². The summed E-state index contributed by atoms with van der Waals surface area (Å²) in [4.78, 5) is 2.21. The Bertz CT molecular complexity index is 313. The summed E-state index contributed by atoms with van der Waals surface area (Å²) >= 11 is 1.91. The first kappa shape index (κ1) is 14.6. The SMILES string of the molecule is CSCCCNCc1ccccc1CN(C)C. The zero-order valence-corrected chi connectivity index (χ0v) is 12.0. The highest BCUT2D eigenvalue weighted by Crippen LogP contribution is 2.10. The van der Waals surface area contributed by atoms with Crippen LogP contribution in [0.25, 0.3) is 0 Å². The normalized spacial score (nSPS) is 11.1. The van der Waals surface area contributed by atoms with Crippen molar-refractivity contribution in [2.45, 2.75) is 19.5 Å². The molecule has 1 aromatic rings. The Morgan fingerprint density at radius 2 is 1.88 bits per heavy atom. The Hall–Kier alpha value is -0.510. The molecule has 0 radical (unpaired) electrons. The highest BCUT2D eigenvalue weighted by atomic mass is 32.2. The lowest BCUT2D eigenvalue weighted by Gasteiger charge is -2.14. The third-order valence-electron chi connectivity index (χ3n) is 2.62. The summed E-state index contributed by atoms with van der Waals surface area (Å²) in [6.45, 7) is 3.11. The molecular weight excluding hydrogens is 228 g/mol. The first-order chi connectivity index (χ1) is 8.24. The van der Waals surface area contributed by atoms with Gasteiger partial charge in [-0.05, 0) is 50.2 Å². The molecule has 3 heteroatoms. The van der Waals surface area contributed by atoms with Crippen LogP contribution < -0.4 is 5.32 Å². The average molecular weight is 252 g/mol. The summed E-state index contributed by atoms with van der Waals surface area (Å²) in [5.41, 5.74) is 2.85. The summed E-state index contributed by atoms with van der Waals surface area (Å²) in [6.07, 6.45) is 3.41. The molecule has 1 aromatic carbocycles. The minimum Gasteiger partial charge on any atom is -0.313 e. The van der Waals surface area contributed by atoms with Crippen molar-refractivity contribution in [3.8, 4) is 0 Å². The molecule has 96 valence electrons. The van der Waals surface area contributed by atoms with E-state index in [-0.39, 0.29) is 0 Å². The second-order valence-electron chi connectivity index (χ2n) is 4.53. The lowest BCUT2D eigenvalue weighted by molar-refractivity contribution is 0.400. The van der Waals surface area contributed by atoms with Crippen LogP contribution in [0.2, 0.25) is 0 Å². The van der Waals surface area contributed by atoms with Gasteiger partial charge in [0, 0.05) is 13.1 Å². The largest absolute Gasteiger partial charge is 0.313 e. The van der Waals surface area contributed by atoms with E-state index in [2.05, 4.69) is 54.8 Å². The third-order valence-corrected chi connectivity index (χ3v) is 3.32. The molecule has 0 aliphatic rings. The number of benzene rings is 1. The van der Waals surface area contributed by atoms with Gasteiger partial charge in [-0.3, -0.25) is 0 Å². The molecule has 1 rings (SSSR count). The molecule has 0 amide bonds. The number of nitrogens with zero attached hydrogens (tertiary/aromatic N) is 1. The molecule has 2 nitrogen and oxygen atoms in total. The number of nitrogens with one attached hydrogen (secondary N) is 1. The van der Waals surface area contributed by atoms with E-state index in [1.54, 1.807) is 0 Å². The van der Waals surface area contributed by atoms with Crippen LogP contribution in [-0.4, -0.2) is 37.5 Å². The standard InChI is InChI=1S/C14H24N2S/c1-16(2)12-14-8-5-4-7-13(14)11-15-9-6-10-17-3/h4-5,7-8,15H,6,9-12H2,1-3H3. The molecule has 0 saturated carbocycles. The fourth-order valence-electron chi connectivity index (χ4n) is 1.79. The number of hydrogen-bond acceptors (Lipinski definition) is 3. The van der Waals surface area contributed by atoms with E-state index in [9.17, 15) is 0 Å². The summed E-state index contributed by atoms with van der Waals surface area (Å²) in [5, 5.41) is 3.52. The maximum absolute atomic E-state index is 3.52. The minimum atomic E-state index is 0.985. The van der Waals surface area contributed by atoms with E-state index in [0.717, 1.165) is 19.6 Å². The van der Waals surface area contributed by atoms with Gasteiger partial charge in [-0.25, -0.2) is 0 Å². The van der Waals surface area contributed by atoms with Crippen molar-refractivity contribution >= 4 is 11.8 Å². The Balaban J connectivity index is 2.40. The Kier molecular flexibility index (Phi) is 7.33. The van der Waals surface area contributed by atoms with Crippen molar-refractivity contribution < 1.29 is 0 Å². The van der Waals surface area contributed by atoms with Gasteiger partial charge in [0.25, 0.3) is 0 Å². The Labute approximate surface area is 110 Å². The smallest absolute Gasteiger partial charge is 0.0230 e. The van der Waals surface area contributed by atoms with E-state index in [0.29, 0.717) is 0 Å². The van der Waals surface area contributed by atoms with Crippen LogP contribution in [0.5, 0.6) is 0 Å². The van der Waals surface area contributed by atoms with Gasteiger partial charge >= 0.3 is 0 Å². The number of rotatable bonds is 8. The van der Waals surface area contributed by atoms with Crippen LogP contribution in [0.15, 0.2) is 24.3 Å². The highest BCUT2D eigenvalue weighted by Gasteiger charge is 2.02. The van der Waals surface area contributed by atoms with Crippen LogP contribution >= 0.6 is 11.8 Å². The fraction of sp³-hybridized carbons (Fsp3) is 0.571. The van der Waals surface area contributed by atoms with Crippen LogP contribution in [0.3, 0.4) is 0 Å². The second-order valence-corrected chi connectivity index (χ2v) is 5.52. The van der Waals surface area contributed by atoms with Crippen molar-refractivity contribution in [3.63, 3.8) is 0 Å². The van der Waals surface area contributed by atoms with Gasteiger partial charge in [-0.15, -0.1) is 0 Å². The zero-order chi connectivity index (χ0) is 12.5. The summed E-state index contributed by atoms with van der Waals surface area (Å²) < 4.78 is 0. The van der Waals surface area contributed by atoms with Crippen molar-refractivity contribution in [2.24, 2.45) is 0 Å². The van der Waals surface area contributed by atoms with Gasteiger partial charge in [0.2, 0.25) is 0 Å². The first-order valence-corrected chi connectivity index (χ1v) is 7.54. The van der Waals surface area contributed by atoms with E-state index < -0.39 is 0 Å². The van der Waals surface area contributed by atoms with E-state index in [1.807, 2.05) is 11.8 Å². The summed E-state index contributed by atoms with van der Waals surface area (Å²) in [6, 6.07) is 8.69. The van der Waals surface area contributed by atoms with Crippen molar-refractivity contribution in [1.82, 2.24) is 10.2 Å². The lowest BCUT2D eigenvalue weighted by Crippen LogP contribution is -2.18. The van der Waals surface area contributed by atoms with Crippen LogP contribution in [-0.2, 0) is 13.1 Å². The lowest BCUT2D eigenvalue weighted by atomic mass is 10.1. The minimum absolute atomic E-state index is 0.985. The molecule has 0 aromatic heterocycles. The van der Waals surface area contributed by atoms with Crippen molar-refractivity contribution in [1.29, 1.82) is 0 Å². The highest BCUT2D eigenvalue weighted by molar-refractivity contribution is 7.98. The van der Waals surface area contributed by atoms with E-state index in [4.69, 9.17) is 0 Å². The molecule has 0 spiro atoms. The fourth-order valence-corrected chi connectivity index (χ4v) is 2.22. The van der Waals surface area contributed by atoms with Crippen LogP contribution in [0, 0.1) is 0 Å². The molecule has 0 fully saturated rings. The molecule has 0 atom stereocenters. The zero-order valence-electron chi connectivity index (χ0n) is 11.2. The molecule has 17 heavy (non-hydrogen) atoms. The quantitative estimate of drug-likeness (QED) is 0.716. The molecule has 1 N–H and O–H groups in total. The monoisotopic (exact) mass is 252 g/mol. The van der Waals surface area contributed by atoms with Crippen molar-refractivity contribution in [3.05, 3.63) is 35.4 Å². The molecule has 0 saturated heterocycles. The van der Waals surface area contributed by atoms with Crippen LogP contribution in [0.4, 0.5) is 0 Å². The molecule has 0 unspecified atom stereocenters. The van der Waals surface area contributed by atoms with E-state index in [1.165, 1.54) is 23.3 Å². The summed E-state index contributed by atoms with van der Waals surface area (Å²) in [5.74, 6) is 1.24. The Morgan fingerprint density at radius 3 is 2.53 bits per heavy atom. The second kappa shape index (κ2) is 8.56. The predicted octanol–water partition coefficient (Wildman–Crippen LogP) is 2.59. The molecule has 0 aliphatic carbocycles. The maximum Gasteiger partial charge on any atom is 0.0230 e. The first-order valence-electron chi connectivity index (χ1n) is 6.15. The Morgan fingerprint density at radius 1 is 1.18 bits per heavy atom. The topological polar surface area (TPSA) is 15.3 Å². The molecule has 0 aliphatic heterocycles. The number of hydrogen-bond donors (Lipinski definition) is 1. The van der Waals surface area contributed by atoms with Gasteiger partial charge in [0.05, 0.1) is 0 Å². The van der Waals surface area contributed by atoms with Gasteiger partial charge in [-0.2, -0.15) is 11.8 Å². The summed E-state index contributed by atoms with van der Waals surface area (Å²) in [7, 11) is 4.23. The predicted molar refractivity (Wildman–Crippen MR) is 78.5 cm³/mol. The maximum atomic E-state index is 3.52. The number of thioether (sulfide) groups is 1. The average Bonchev–Trinajstić information content (AvgIpc) is 2.30. The van der Waals surface area contributed by atoms with E-state index >= 15 is 0 Å². The molecule has 0 bridgehead atoms. The van der Waals surface area contributed by atoms with Gasteiger partial charge < -0.3 is 10.2 Å².